The predicted molar refractivity (Wildman–Crippen MR) is 321 cm³/mol. The number of hydrogen-bond acceptors (Lipinski definition) is 0. The fraction of sp³-hybridized carbons (Fsp3) is 0.0137. The minimum absolute atomic E-state index is 0.477. The molecule has 0 saturated carbocycles. The number of rotatable bonds is 9. The number of nitrogens with zero attached hydrogens (tertiary/aromatic N) is 2. The summed E-state index contributed by atoms with van der Waals surface area (Å²) in [7, 11) is -2.84. The Labute approximate surface area is 443 Å². The molecule has 1 aliphatic rings. The van der Waals surface area contributed by atoms with Crippen LogP contribution in [-0.4, -0.2) is 17.2 Å². The molecular weight excluding hydrogens is 933 g/mol. The van der Waals surface area contributed by atoms with Gasteiger partial charge in [-0.1, -0.05) is 261 Å². The Morgan fingerprint density at radius 1 is 0.289 bits per heavy atom. The van der Waals surface area contributed by atoms with Crippen molar-refractivity contribution in [3.63, 3.8) is 0 Å². The molecule has 0 bridgehead atoms. The maximum atomic E-state index is 2.54. The highest BCUT2D eigenvalue weighted by Crippen LogP contribution is 2.58. The summed E-state index contributed by atoms with van der Waals surface area (Å²) in [6, 6.07) is 113. The van der Waals surface area contributed by atoms with Crippen LogP contribution in [0.4, 0.5) is 0 Å². The van der Waals surface area contributed by atoms with Crippen LogP contribution in [0.15, 0.2) is 303 Å². The van der Waals surface area contributed by atoms with Crippen LogP contribution in [0.5, 0.6) is 0 Å². The Hall–Kier alpha value is -9.54. The zero-order valence-corrected chi connectivity index (χ0v) is 42.8. The molecule has 0 amide bonds. The van der Waals surface area contributed by atoms with Gasteiger partial charge in [0.15, 0.2) is 8.07 Å². The average Bonchev–Trinajstić information content (AvgIpc) is 4.25. The lowest BCUT2D eigenvalue weighted by Gasteiger charge is -2.34. The third kappa shape index (κ3) is 6.33. The molecule has 0 spiro atoms. The number of fused-ring (bicyclic) bond motifs is 9. The second kappa shape index (κ2) is 17.6. The van der Waals surface area contributed by atoms with Crippen molar-refractivity contribution in [2.45, 2.75) is 5.41 Å². The second-order valence-corrected chi connectivity index (χ2v) is 24.1. The highest BCUT2D eigenvalue weighted by atomic mass is 28.3. The van der Waals surface area contributed by atoms with E-state index < -0.39 is 13.5 Å². The van der Waals surface area contributed by atoms with Gasteiger partial charge < -0.3 is 9.13 Å². The van der Waals surface area contributed by atoms with Gasteiger partial charge >= 0.3 is 0 Å². The van der Waals surface area contributed by atoms with Gasteiger partial charge in [0, 0.05) is 27.2 Å². The van der Waals surface area contributed by atoms with Crippen molar-refractivity contribution in [2.75, 3.05) is 0 Å². The van der Waals surface area contributed by atoms with E-state index in [9.17, 15) is 0 Å². The molecule has 356 valence electrons. The van der Waals surface area contributed by atoms with Gasteiger partial charge in [0.2, 0.25) is 0 Å². The number of para-hydroxylation sites is 3. The van der Waals surface area contributed by atoms with E-state index in [-0.39, 0.29) is 0 Å². The predicted octanol–water partition coefficient (Wildman–Crippen LogP) is 15.3. The van der Waals surface area contributed by atoms with Crippen molar-refractivity contribution in [1.29, 1.82) is 0 Å². The summed E-state index contributed by atoms with van der Waals surface area (Å²) in [5, 5.41) is 10.3. The lowest BCUT2D eigenvalue weighted by molar-refractivity contribution is 0.768. The highest BCUT2D eigenvalue weighted by molar-refractivity contribution is 7.19. The van der Waals surface area contributed by atoms with E-state index in [4.69, 9.17) is 0 Å². The maximum Gasteiger partial charge on any atom is 0.179 e. The van der Waals surface area contributed by atoms with Crippen molar-refractivity contribution in [2.24, 2.45) is 0 Å². The molecule has 15 rings (SSSR count). The molecule has 14 aromatic rings. The van der Waals surface area contributed by atoms with Crippen molar-refractivity contribution >= 4 is 72.4 Å². The molecule has 0 fully saturated rings. The van der Waals surface area contributed by atoms with Gasteiger partial charge in [0.1, 0.15) is 0 Å². The Bertz CT molecular complexity index is 4360. The van der Waals surface area contributed by atoms with Gasteiger partial charge in [-0.2, -0.15) is 0 Å². The minimum Gasteiger partial charge on any atom is -0.307 e. The summed E-state index contributed by atoms with van der Waals surface area (Å²) in [5.74, 6) is 0. The summed E-state index contributed by atoms with van der Waals surface area (Å²) >= 11 is 0. The first-order valence-electron chi connectivity index (χ1n) is 26.4. The van der Waals surface area contributed by atoms with Crippen LogP contribution in [0.25, 0.3) is 77.2 Å². The lowest BCUT2D eigenvalue weighted by Crippen LogP contribution is -2.74. The SMILES string of the molecule is c1ccc(C2(c3ccccc3)c3ccccc3-c3c(-c4ccc5c(c4)c4ccccc4n5-c4cccc5c6ccccc6n(-c6cccc([Si](c7ccccc7)(c7ccccc7)c7ccccc7)c6)c45)cccc32)cc1. The normalized spacial score (nSPS) is 12.8. The Morgan fingerprint density at radius 2 is 0.750 bits per heavy atom. The van der Waals surface area contributed by atoms with Crippen LogP contribution in [0.2, 0.25) is 0 Å². The van der Waals surface area contributed by atoms with Crippen molar-refractivity contribution in [1.82, 2.24) is 9.13 Å². The molecule has 2 heterocycles. The van der Waals surface area contributed by atoms with E-state index >= 15 is 0 Å². The zero-order chi connectivity index (χ0) is 50.2. The van der Waals surface area contributed by atoms with E-state index in [1.165, 1.54) is 109 Å². The molecule has 1 aliphatic carbocycles. The first-order chi connectivity index (χ1) is 37.7. The lowest BCUT2D eigenvalue weighted by atomic mass is 9.67. The molecule has 0 atom stereocenters. The molecular formula is C73H50N2Si. The van der Waals surface area contributed by atoms with Crippen LogP contribution in [-0.2, 0) is 5.41 Å². The smallest absolute Gasteiger partial charge is 0.179 e. The largest absolute Gasteiger partial charge is 0.307 e. The molecule has 0 aliphatic heterocycles. The van der Waals surface area contributed by atoms with Crippen molar-refractivity contribution in [3.05, 3.63) is 326 Å². The van der Waals surface area contributed by atoms with Crippen LogP contribution < -0.4 is 20.7 Å². The quantitative estimate of drug-likeness (QED) is 0.101. The number of benzene rings is 12. The second-order valence-electron chi connectivity index (χ2n) is 20.3. The van der Waals surface area contributed by atoms with Crippen molar-refractivity contribution in [3.8, 4) is 33.6 Å². The monoisotopic (exact) mass is 982 g/mol. The van der Waals surface area contributed by atoms with Crippen molar-refractivity contribution < 1.29 is 0 Å². The van der Waals surface area contributed by atoms with Gasteiger partial charge in [-0.3, -0.25) is 0 Å². The molecule has 3 heteroatoms. The standard InChI is InChI=1S/C73H50N2Si/c1-6-25-52(26-7-1)73(53-27-8-2-9-28-53)65-42-19-16-39-63(65)71-59(40-23-43-66(71)73)51-47-48-69-64(49-51)61-38-18-21-45-68(61)75(69)70-46-24-41-62-60-37-17-20-44-67(60)74(72(62)70)54-29-22-36-58(50-54)76(55-30-10-3-11-31-55,56-32-12-4-13-33-56)57-34-14-5-15-35-57/h1-50H. The van der Waals surface area contributed by atoms with E-state index in [0.717, 1.165) is 11.4 Å². The summed E-state index contributed by atoms with van der Waals surface area (Å²) in [4.78, 5) is 0. The Morgan fingerprint density at radius 3 is 1.39 bits per heavy atom. The van der Waals surface area contributed by atoms with E-state index in [2.05, 4.69) is 312 Å². The van der Waals surface area contributed by atoms with E-state index in [0.29, 0.717) is 0 Å². The first kappa shape index (κ1) is 44.0. The summed E-state index contributed by atoms with van der Waals surface area (Å²) in [5.41, 5.74) is 16.7. The first-order valence-corrected chi connectivity index (χ1v) is 28.4. The number of hydrogen-bond donors (Lipinski definition) is 0. The van der Waals surface area contributed by atoms with Crippen LogP contribution >= 0.6 is 0 Å². The molecule has 2 aromatic heterocycles. The summed E-state index contributed by atoms with van der Waals surface area (Å²) in [6.45, 7) is 0. The highest BCUT2D eigenvalue weighted by Gasteiger charge is 2.47. The van der Waals surface area contributed by atoms with Gasteiger partial charge in [-0.25, -0.2) is 0 Å². The Balaban J connectivity index is 0.962. The van der Waals surface area contributed by atoms with Gasteiger partial charge in [0.25, 0.3) is 0 Å². The molecule has 0 unspecified atom stereocenters. The van der Waals surface area contributed by atoms with Gasteiger partial charge in [-0.15, -0.1) is 0 Å². The fourth-order valence-electron chi connectivity index (χ4n) is 13.5. The molecule has 0 N–H and O–H groups in total. The van der Waals surface area contributed by atoms with Crippen LogP contribution in [0.1, 0.15) is 22.3 Å². The topological polar surface area (TPSA) is 9.86 Å². The third-order valence-electron chi connectivity index (χ3n) is 16.5. The molecule has 2 nitrogen and oxygen atoms in total. The summed E-state index contributed by atoms with van der Waals surface area (Å²) < 4.78 is 5.06. The van der Waals surface area contributed by atoms with Gasteiger partial charge in [0.05, 0.1) is 33.2 Å². The van der Waals surface area contributed by atoms with Crippen LogP contribution in [0.3, 0.4) is 0 Å². The van der Waals surface area contributed by atoms with E-state index in [1.54, 1.807) is 0 Å². The van der Waals surface area contributed by atoms with E-state index in [1.807, 2.05) is 0 Å². The number of aromatic nitrogens is 2. The van der Waals surface area contributed by atoms with Crippen LogP contribution in [0, 0.1) is 0 Å². The molecule has 0 saturated heterocycles. The zero-order valence-electron chi connectivity index (χ0n) is 41.8. The third-order valence-corrected chi connectivity index (χ3v) is 21.3. The minimum atomic E-state index is -2.84. The average molecular weight is 983 g/mol. The Kier molecular flexibility index (Phi) is 10.2. The molecule has 0 radical (unpaired) electrons. The summed E-state index contributed by atoms with van der Waals surface area (Å²) in [6.07, 6.45) is 0. The molecule has 12 aromatic carbocycles. The van der Waals surface area contributed by atoms with Gasteiger partial charge in [-0.05, 0) is 108 Å². The molecule has 76 heavy (non-hydrogen) atoms. The maximum absolute atomic E-state index is 2.84. The fourth-order valence-corrected chi connectivity index (χ4v) is 18.3.